The minimum Gasteiger partial charge on any atom is -0.370 e. The largest absolute Gasteiger partial charge is 0.370 e. The molecule has 1 N–H and O–H groups in total. The van der Waals surface area contributed by atoms with Gasteiger partial charge in [-0.15, -0.1) is 0 Å². The quantitative estimate of drug-likeness (QED) is 0.847. The minimum absolute atomic E-state index is 0.0187. The Morgan fingerprint density at radius 1 is 1.11 bits per heavy atom. The molecule has 0 aromatic rings. The second-order valence-electron chi connectivity index (χ2n) is 7.51. The van der Waals surface area contributed by atoms with Crippen LogP contribution in [0, 0.1) is 10.8 Å². The molecule has 3 nitrogen and oxygen atoms in total. The van der Waals surface area contributed by atoms with Gasteiger partial charge in [0.05, 0.1) is 6.67 Å². The molecule has 0 aromatic heterocycles. The molecule has 1 aliphatic heterocycles. The summed E-state index contributed by atoms with van der Waals surface area (Å²) in [6.45, 7) is 16.5. The molecule has 0 unspecified atom stereocenters. The Balaban J connectivity index is 3.15. The molecular formula is C16H30N2O. The molecule has 3 heteroatoms. The Morgan fingerprint density at radius 3 is 2.11 bits per heavy atom. The zero-order chi connectivity index (χ0) is 14.8. The lowest BCUT2D eigenvalue weighted by atomic mass is 9.77. The van der Waals surface area contributed by atoms with E-state index in [1.807, 2.05) is 4.90 Å². The van der Waals surface area contributed by atoms with Gasteiger partial charge in [0.15, 0.2) is 0 Å². The molecule has 1 rings (SSSR count). The first-order valence-electron chi connectivity index (χ1n) is 7.37. The molecule has 0 aromatic carbocycles. The van der Waals surface area contributed by atoms with Gasteiger partial charge in [-0.3, -0.25) is 4.79 Å². The molecule has 0 fully saturated rings. The van der Waals surface area contributed by atoms with Crippen LogP contribution >= 0.6 is 0 Å². The highest BCUT2D eigenvalue weighted by atomic mass is 16.2. The molecule has 0 aliphatic carbocycles. The Labute approximate surface area is 118 Å². The van der Waals surface area contributed by atoms with Crippen LogP contribution in [-0.2, 0) is 4.79 Å². The van der Waals surface area contributed by atoms with Gasteiger partial charge in [0, 0.05) is 23.2 Å². The van der Waals surface area contributed by atoms with Gasteiger partial charge in [-0.25, -0.2) is 0 Å². The van der Waals surface area contributed by atoms with E-state index < -0.39 is 0 Å². The van der Waals surface area contributed by atoms with E-state index in [4.69, 9.17) is 0 Å². The van der Waals surface area contributed by atoms with Crippen LogP contribution in [0.25, 0.3) is 0 Å². The molecule has 0 spiro atoms. The summed E-state index contributed by atoms with van der Waals surface area (Å²) in [6, 6.07) is 0. The van der Waals surface area contributed by atoms with E-state index in [2.05, 4.69) is 53.8 Å². The van der Waals surface area contributed by atoms with E-state index in [0.29, 0.717) is 6.67 Å². The van der Waals surface area contributed by atoms with Crippen molar-refractivity contribution >= 4 is 5.91 Å². The highest BCUT2D eigenvalue weighted by Crippen LogP contribution is 2.37. The number of hydrogen-bond donors (Lipinski definition) is 1. The average molecular weight is 266 g/mol. The van der Waals surface area contributed by atoms with Crippen LogP contribution in [0.15, 0.2) is 11.3 Å². The van der Waals surface area contributed by atoms with Gasteiger partial charge in [0.2, 0.25) is 0 Å². The Morgan fingerprint density at radius 2 is 1.68 bits per heavy atom. The van der Waals surface area contributed by atoms with E-state index in [-0.39, 0.29) is 16.7 Å². The SMILES string of the molecule is CCCCN1CNC(C(C)(C)C)=C(C(C)(C)C)C1=O. The summed E-state index contributed by atoms with van der Waals surface area (Å²) in [7, 11) is 0. The van der Waals surface area contributed by atoms with Crippen LogP contribution in [0.3, 0.4) is 0 Å². The third-order valence-electron chi connectivity index (χ3n) is 3.48. The summed E-state index contributed by atoms with van der Waals surface area (Å²) < 4.78 is 0. The predicted molar refractivity (Wildman–Crippen MR) is 80.6 cm³/mol. The van der Waals surface area contributed by atoms with Crippen molar-refractivity contribution in [3.8, 4) is 0 Å². The number of carbonyl (C=O) groups is 1. The number of amides is 1. The molecule has 0 radical (unpaired) electrons. The minimum atomic E-state index is -0.127. The molecule has 0 saturated carbocycles. The summed E-state index contributed by atoms with van der Waals surface area (Å²) in [4.78, 5) is 14.7. The van der Waals surface area contributed by atoms with E-state index >= 15 is 0 Å². The second-order valence-corrected chi connectivity index (χ2v) is 7.51. The van der Waals surface area contributed by atoms with Gasteiger partial charge in [-0.2, -0.15) is 0 Å². The van der Waals surface area contributed by atoms with Crippen LogP contribution < -0.4 is 5.32 Å². The molecular weight excluding hydrogens is 236 g/mol. The van der Waals surface area contributed by atoms with Crippen LogP contribution in [0.5, 0.6) is 0 Å². The summed E-state index contributed by atoms with van der Waals surface area (Å²) >= 11 is 0. The maximum absolute atomic E-state index is 12.8. The highest BCUT2D eigenvalue weighted by molar-refractivity contribution is 5.96. The normalized spacial score (nSPS) is 17.8. The molecule has 1 heterocycles. The standard InChI is InChI=1S/C16H30N2O/c1-8-9-10-18-11-17-13(16(5,6)7)12(14(18)19)15(2,3)4/h17H,8-11H2,1-7H3. The number of nitrogens with one attached hydrogen (secondary N) is 1. The van der Waals surface area contributed by atoms with Gasteiger partial charge in [-0.1, -0.05) is 54.9 Å². The number of rotatable bonds is 3. The lowest BCUT2D eigenvalue weighted by Crippen LogP contribution is -2.50. The van der Waals surface area contributed by atoms with Crippen molar-refractivity contribution in [1.29, 1.82) is 0 Å². The average Bonchev–Trinajstić information content (AvgIpc) is 2.24. The maximum atomic E-state index is 12.8. The topological polar surface area (TPSA) is 32.3 Å². The number of allylic oxidation sites excluding steroid dienone is 1. The van der Waals surface area contributed by atoms with Gasteiger partial charge in [0.1, 0.15) is 0 Å². The monoisotopic (exact) mass is 266 g/mol. The molecule has 19 heavy (non-hydrogen) atoms. The second kappa shape index (κ2) is 5.56. The fourth-order valence-electron chi connectivity index (χ4n) is 2.47. The van der Waals surface area contributed by atoms with Crippen molar-refractivity contribution in [2.24, 2.45) is 10.8 Å². The summed E-state index contributed by atoms with van der Waals surface area (Å²) in [5.74, 6) is 0.213. The fraction of sp³-hybridized carbons (Fsp3) is 0.812. The fourth-order valence-corrected chi connectivity index (χ4v) is 2.47. The van der Waals surface area contributed by atoms with Gasteiger partial charge in [0.25, 0.3) is 5.91 Å². The van der Waals surface area contributed by atoms with Crippen molar-refractivity contribution in [3.05, 3.63) is 11.3 Å². The first kappa shape index (κ1) is 16.1. The number of unbranched alkanes of at least 4 members (excludes halogenated alkanes) is 1. The molecule has 1 aliphatic rings. The van der Waals surface area contributed by atoms with Crippen molar-refractivity contribution in [2.75, 3.05) is 13.2 Å². The third-order valence-corrected chi connectivity index (χ3v) is 3.48. The first-order chi connectivity index (χ1) is 8.59. The van der Waals surface area contributed by atoms with Crippen LogP contribution in [0.4, 0.5) is 0 Å². The molecule has 110 valence electrons. The smallest absolute Gasteiger partial charge is 0.253 e. The maximum Gasteiger partial charge on any atom is 0.253 e. The van der Waals surface area contributed by atoms with Crippen LogP contribution in [-0.4, -0.2) is 24.0 Å². The van der Waals surface area contributed by atoms with E-state index in [1.165, 1.54) is 0 Å². The zero-order valence-electron chi connectivity index (χ0n) is 13.7. The zero-order valence-corrected chi connectivity index (χ0v) is 13.7. The van der Waals surface area contributed by atoms with Crippen molar-refractivity contribution in [3.63, 3.8) is 0 Å². The highest BCUT2D eigenvalue weighted by Gasteiger charge is 2.37. The summed E-state index contributed by atoms with van der Waals surface area (Å²) in [5, 5.41) is 3.49. The first-order valence-corrected chi connectivity index (χ1v) is 7.37. The Hall–Kier alpha value is -0.990. The lowest BCUT2D eigenvalue weighted by Gasteiger charge is -2.40. The van der Waals surface area contributed by atoms with Crippen molar-refractivity contribution in [2.45, 2.75) is 61.3 Å². The Bertz CT molecular complexity index is 369. The van der Waals surface area contributed by atoms with E-state index in [1.54, 1.807) is 0 Å². The van der Waals surface area contributed by atoms with E-state index in [0.717, 1.165) is 30.7 Å². The Kier molecular flexibility index (Phi) is 4.70. The van der Waals surface area contributed by atoms with Crippen molar-refractivity contribution < 1.29 is 4.79 Å². The van der Waals surface area contributed by atoms with Gasteiger partial charge < -0.3 is 10.2 Å². The number of carbonyl (C=O) groups excluding carboxylic acids is 1. The van der Waals surface area contributed by atoms with Gasteiger partial charge in [-0.05, 0) is 11.8 Å². The van der Waals surface area contributed by atoms with Gasteiger partial charge >= 0.3 is 0 Å². The predicted octanol–water partition coefficient (Wildman–Crippen LogP) is 3.52. The number of nitrogens with zero attached hydrogens (tertiary/aromatic N) is 1. The lowest BCUT2D eigenvalue weighted by molar-refractivity contribution is -0.129. The molecule has 0 bridgehead atoms. The summed E-state index contributed by atoms with van der Waals surface area (Å²) in [6.07, 6.45) is 2.18. The van der Waals surface area contributed by atoms with Crippen LogP contribution in [0.1, 0.15) is 61.3 Å². The van der Waals surface area contributed by atoms with E-state index in [9.17, 15) is 4.79 Å². The molecule has 0 saturated heterocycles. The van der Waals surface area contributed by atoms with Crippen LogP contribution in [0.2, 0.25) is 0 Å². The number of hydrogen-bond acceptors (Lipinski definition) is 2. The summed E-state index contributed by atoms with van der Waals surface area (Å²) in [5.41, 5.74) is 1.91. The third kappa shape index (κ3) is 3.74. The molecule has 1 amide bonds. The molecule has 0 atom stereocenters. The van der Waals surface area contributed by atoms with Crippen molar-refractivity contribution in [1.82, 2.24) is 10.2 Å².